The lowest BCUT2D eigenvalue weighted by atomic mass is 10.1. The predicted molar refractivity (Wildman–Crippen MR) is 77.5 cm³/mol. The van der Waals surface area contributed by atoms with Crippen molar-refractivity contribution in [2.45, 2.75) is 32.2 Å². The van der Waals surface area contributed by atoms with Crippen molar-refractivity contribution in [2.24, 2.45) is 0 Å². The summed E-state index contributed by atoms with van der Waals surface area (Å²) in [6.45, 7) is 2.12. The fourth-order valence-electron chi connectivity index (χ4n) is 2.55. The molecule has 1 aliphatic rings. The van der Waals surface area contributed by atoms with Crippen LogP contribution in [0.25, 0.3) is 0 Å². The highest BCUT2D eigenvalue weighted by molar-refractivity contribution is 6.30. The number of hydrogen-bond acceptors (Lipinski definition) is 3. The maximum absolute atomic E-state index is 6.03. The average molecular weight is 274 g/mol. The molecular formula is C15H16ClN3. The van der Waals surface area contributed by atoms with E-state index in [4.69, 9.17) is 11.6 Å². The van der Waals surface area contributed by atoms with Gasteiger partial charge in [0.15, 0.2) is 0 Å². The summed E-state index contributed by atoms with van der Waals surface area (Å²) in [7, 11) is 0. The van der Waals surface area contributed by atoms with Crippen LogP contribution in [0.5, 0.6) is 0 Å². The van der Waals surface area contributed by atoms with E-state index in [1.807, 2.05) is 18.2 Å². The van der Waals surface area contributed by atoms with Gasteiger partial charge in [-0.3, -0.25) is 0 Å². The van der Waals surface area contributed by atoms with Crippen LogP contribution in [0.3, 0.4) is 0 Å². The third-order valence-corrected chi connectivity index (χ3v) is 3.81. The maximum atomic E-state index is 6.03. The van der Waals surface area contributed by atoms with Crippen molar-refractivity contribution in [3.05, 3.63) is 52.4 Å². The van der Waals surface area contributed by atoms with Crippen molar-refractivity contribution in [3.8, 4) is 0 Å². The average Bonchev–Trinajstić information content (AvgIpc) is 2.88. The second-order valence-corrected chi connectivity index (χ2v) is 5.36. The van der Waals surface area contributed by atoms with Crippen molar-refractivity contribution >= 4 is 17.4 Å². The summed E-state index contributed by atoms with van der Waals surface area (Å²) < 4.78 is 0. The SMILES string of the molecule is CC(Nc1ncnc2c1CCC2)c1cccc(Cl)c1. The molecule has 2 aromatic rings. The second kappa shape index (κ2) is 5.17. The van der Waals surface area contributed by atoms with E-state index in [-0.39, 0.29) is 6.04 Å². The zero-order valence-electron chi connectivity index (χ0n) is 10.9. The number of nitrogens with one attached hydrogen (secondary N) is 1. The Kier molecular flexibility index (Phi) is 3.38. The number of aryl methyl sites for hydroxylation is 1. The molecular weight excluding hydrogens is 258 g/mol. The Balaban J connectivity index is 1.84. The number of halogens is 1. The molecule has 0 saturated heterocycles. The lowest BCUT2D eigenvalue weighted by Crippen LogP contribution is -2.10. The standard InChI is InChI=1S/C15H16ClN3/c1-10(11-4-2-5-12(16)8-11)19-15-13-6-3-7-14(13)17-9-18-15/h2,4-5,8-10H,3,6-7H2,1H3,(H,17,18,19). The van der Waals surface area contributed by atoms with Crippen molar-refractivity contribution < 1.29 is 0 Å². The normalized spacial score (nSPS) is 15.1. The van der Waals surface area contributed by atoms with Crippen LogP contribution in [0, 0.1) is 0 Å². The summed E-state index contributed by atoms with van der Waals surface area (Å²) in [5.74, 6) is 0.968. The highest BCUT2D eigenvalue weighted by Gasteiger charge is 2.18. The zero-order valence-corrected chi connectivity index (χ0v) is 11.6. The summed E-state index contributed by atoms with van der Waals surface area (Å²) in [4.78, 5) is 8.72. The van der Waals surface area contributed by atoms with E-state index < -0.39 is 0 Å². The molecule has 0 bridgehead atoms. The van der Waals surface area contributed by atoms with E-state index in [0.29, 0.717) is 0 Å². The molecule has 1 N–H and O–H groups in total. The van der Waals surface area contributed by atoms with Crippen molar-refractivity contribution in [1.29, 1.82) is 0 Å². The summed E-state index contributed by atoms with van der Waals surface area (Å²) in [5, 5.41) is 4.24. The Morgan fingerprint density at radius 3 is 3.00 bits per heavy atom. The van der Waals surface area contributed by atoms with Gasteiger partial charge in [-0.1, -0.05) is 23.7 Å². The molecule has 0 amide bonds. The molecule has 3 rings (SSSR count). The number of fused-ring (bicyclic) bond motifs is 1. The van der Waals surface area contributed by atoms with Crippen LogP contribution < -0.4 is 5.32 Å². The molecule has 1 aromatic carbocycles. The Bertz CT molecular complexity index is 598. The summed E-state index contributed by atoms with van der Waals surface area (Å²) in [5.41, 5.74) is 3.63. The van der Waals surface area contributed by atoms with Crippen LogP contribution >= 0.6 is 11.6 Å². The highest BCUT2D eigenvalue weighted by Crippen LogP contribution is 2.28. The van der Waals surface area contributed by atoms with Crippen molar-refractivity contribution in [3.63, 3.8) is 0 Å². The Morgan fingerprint density at radius 2 is 2.16 bits per heavy atom. The number of aromatic nitrogens is 2. The molecule has 1 atom stereocenters. The number of anilines is 1. The largest absolute Gasteiger partial charge is 0.363 e. The first-order chi connectivity index (χ1) is 9.24. The molecule has 4 heteroatoms. The minimum Gasteiger partial charge on any atom is -0.363 e. The molecule has 98 valence electrons. The molecule has 0 radical (unpaired) electrons. The summed E-state index contributed by atoms with van der Waals surface area (Å²) >= 11 is 6.03. The predicted octanol–water partition coefficient (Wildman–Crippen LogP) is 3.79. The third-order valence-electron chi connectivity index (χ3n) is 3.58. The van der Waals surface area contributed by atoms with Crippen LogP contribution in [0.4, 0.5) is 5.82 Å². The first-order valence-electron chi connectivity index (χ1n) is 6.59. The minimum atomic E-state index is 0.179. The zero-order chi connectivity index (χ0) is 13.2. The molecule has 3 nitrogen and oxygen atoms in total. The Hall–Kier alpha value is -1.61. The van der Waals surface area contributed by atoms with Crippen molar-refractivity contribution in [1.82, 2.24) is 9.97 Å². The monoisotopic (exact) mass is 273 g/mol. The van der Waals surface area contributed by atoms with E-state index >= 15 is 0 Å². The fourth-order valence-corrected chi connectivity index (χ4v) is 2.75. The molecule has 0 saturated carbocycles. The van der Waals surface area contributed by atoms with Crippen molar-refractivity contribution in [2.75, 3.05) is 5.32 Å². The first-order valence-corrected chi connectivity index (χ1v) is 6.96. The number of nitrogens with zero attached hydrogens (tertiary/aromatic N) is 2. The molecule has 0 spiro atoms. The Morgan fingerprint density at radius 1 is 1.26 bits per heavy atom. The van der Waals surface area contributed by atoms with Crippen LogP contribution in [-0.2, 0) is 12.8 Å². The van der Waals surface area contributed by atoms with Gasteiger partial charge in [-0.25, -0.2) is 9.97 Å². The first kappa shape index (κ1) is 12.4. The molecule has 0 aliphatic heterocycles. The number of rotatable bonds is 3. The number of hydrogen-bond donors (Lipinski definition) is 1. The van der Waals surface area contributed by atoms with Gasteiger partial charge in [0.05, 0.1) is 6.04 Å². The van der Waals surface area contributed by atoms with Gasteiger partial charge < -0.3 is 5.32 Å². The van der Waals surface area contributed by atoms with Crippen LogP contribution in [0.15, 0.2) is 30.6 Å². The van der Waals surface area contributed by atoms with E-state index in [0.717, 1.165) is 29.2 Å². The summed E-state index contributed by atoms with van der Waals surface area (Å²) in [6, 6.07) is 8.10. The van der Waals surface area contributed by atoms with Gasteiger partial charge in [-0.2, -0.15) is 0 Å². The number of benzene rings is 1. The maximum Gasteiger partial charge on any atom is 0.133 e. The van der Waals surface area contributed by atoms with E-state index in [1.165, 1.54) is 17.7 Å². The van der Waals surface area contributed by atoms with Gasteiger partial charge >= 0.3 is 0 Å². The van der Waals surface area contributed by atoms with Gasteiger partial charge in [-0.15, -0.1) is 0 Å². The van der Waals surface area contributed by atoms with Crippen LogP contribution in [0.2, 0.25) is 5.02 Å². The lowest BCUT2D eigenvalue weighted by molar-refractivity contribution is 0.863. The quantitative estimate of drug-likeness (QED) is 0.924. The molecule has 1 heterocycles. The van der Waals surface area contributed by atoms with Crippen LogP contribution in [-0.4, -0.2) is 9.97 Å². The van der Waals surface area contributed by atoms with Crippen LogP contribution in [0.1, 0.15) is 36.2 Å². The van der Waals surface area contributed by atoms with Gasteiger partial charge in [-0.05, 0) is 43.9 Å². The van der Waals surface area contributed by atoms with E-state index in [2.05, 4.69) is 28.3 Å². The van der Waals surface area contributed by atoms with Gasteiger partial charge in [0.25, 0.3) is 0 Å². The fraction of sp³-hybridized carbons (Fsp3) is 0.333. The van der Waals surface area contributed by atoms with E-state index in [1.54, 1.807) is 6.33 Å². The van der Waals surface area contributed by atoms with Gasteiger partial charge in [0.1, 0.15) is 12.1 Å². The summed E-state index contributed by atoms with van der Waals surface area (Å²) in [6.07, 6.45) is 4.96. The third kappa shape index (κ3) is 2.56. The second-order valence-electron chi connectivity index (χ2n) is 4.92. The lowest BCUT2D eigenvalue weighted by Gasteiger charge is -2.17. The smallest absolute Gasteiger partial charge is 0.133 e. The topological polar surface area (TPSA) is 37.8 Å². The molecule has 1 unspecified atom stereocenters. The Labute approximate surface area is 118 Å². The van der Waals surface area contributed by atoms with Gasteiger partial charge in [0, 0.05) is 16.3 Å². The molecule has 1 aromatic heterocycles. The van der Waals surface area contributed by atoms with Gasteiger partial charge in [0.2, 0.25) is 0 Å². The van der Waals surface area contributed by atoms with E-state index in [9.17, 15) is 0 Å². The minimum absolute atomic E-state index is 0.179. The highest BCUT2D eigenvalue weighted by atomic mass is 35.5. The molecule has 1 aliphatic carbocycles. The molecule has 0 fully saturated rings. The molecule has 19 heavy (non-hydrogen) atoms.